The fourth-order valence-electron chi connectivity index (χ4n) is 2.39. The highest BCUT2D eigenvalue weighted by atomic mass is 16.1. The molecule has 0 spiro atoms. The highest BCUT2D eigenvalue weighted by Gasteiger charge is 2.29. The van der Waals surface area contributed by atoms with Crippen molar-refractivity contribution in [1.82, 2.24) is 19.3 Å². The minimum atomic E-state index is -0.537. The van der Waals surface area contributed by atoms with Crippen molar-refractivity contribution in [2.45, 2.75) is 32.7 Å². The van der Waals surface area contributed by atoms with E-state index in [2.05, 4.69) is 10.1 Å². The third kappa shape index (κ3) is 1.71. The van der Waals surface area contributed by atoms with Crippen LogP contribution in [0.3, 0.4) is 0 Å². The lowest BCUT2D eigenvalue weighted by atomic mass is 10.00. The number of imidazole rings is 1. The lowest BCUT2D eigenvalue weighted by Gasteiger charge is -2.26. The molecule has 7 heteroatoms. The first-order valence-corrected chi connectivity index (χ1v) is 5.70. The molecule has 1 amide bonds. The molecule has 0 aliphatic heterocycles. The topological polar surface area (TPSA) is 105 Å². The quantitative estimate of drug-likeness (QED) is 0.815. The molecular formula is C11H18N6O. The van der Waals surface area contributed by atoms with Crippen molar-refractivity contribution in [2.75, 3.05) is 5.73 Å². The van der Waals surface area contributed by atoms with Gasteiger partial charge in [0.05, 0.1) is 11.2 Å². The molecule has 7 nitrogen and oxygen atoms in total. The van der Waals surface area contributed by atoms with Gasteiger partial charge in [-0.1, -0.05) is 0 Å². The molecule has 0 saturated carbocycles. The minimum absolute atomic E-state index is 0.187. The number of anilines is 1. The van der Waals surface area contributed by atoms with E-state index in [1.54, 1.807) is 4.68 Å². The van der Waals surface area contributed by atoms with Crippen molar-refractivity contribution in [3.63, 3.8) is 0 Å². The smallest absolute Gasteiger partial charge is 0.219 e. The van der Waals surface area contributed by atoms with Gasteiger partial charge in [0, 0.05) is 13.5 Å². The monoisotopic (exact) mass is 250 g/mol. The maximum atomic E-state index is 11.2. The van der Waals surface area contributed by atoms with Gasteiger partial charge in [-0.2, -0.15) is 5.10 Å². The first-order chi connectivity index (χ1) is 8.24. The molecule has 0 aliphatic carbocycles. The number of carbonyl (C=O) groups excluding carboxylic acids is 1. The molecule has 4 N–H and O–H groups in total. The molecular weight excluding hydrogens is 232 g/mol. The molecule has 2 heterocycles. The molecule has 0 aromatic carbocycles. The second-order valence-electron chi connectivity index (χ2n) is 5.14. The molecule has 2 rings (SSSR count). The Labute approximate surface area is 105 Å². The molecule has 0 radical (unpaired) electrons. The van der Waals surface area contributed by atoms with Crippen LogP contribution in [0.1, 0.15) is 26.0 Å². The average molecular weight is 250 g/mol. The number of carbonyl (C=O) groups is 1. The summed E-state index contributed by atoms with van der Waals surface area (Å²) in [6.45, 7) is 5.68. The van der Waals surface area contributed by atoms with Gasteiger partial charge in [-0.3, -0.25) is 14.0 Å². The molecule has 0 unspecified atom stereocenters. The fraction of sp³-hybridized carbons (Fsp3) is 0.545. The Hall–Kier alpha value is -2.05. The number of hydrogen-bond donors (Lipinski definition) is 2. The molecule has 0 bridgehead atoms. The highest BCUT2D eigenvalue weighted by Crippen LogP contribution is 2.30. The maximum Gasteiger partial charge on any atom is 0.219 e. The van der Waals surface area contributed by atoms with Crippen LogP contribution >= 0.6 is 0 Å². The number of nitrogens with two attached hydrogens (primary N) is 2. The van der Waals surface area contributed by atoms with Gasteiger partial charge < -0.3 is 11.5 Å². The summed E-state index contributed by atoms with van der Waals surface area (Å²) in [7, 11) is 1.83. The van der Waals surface area contributed by atoms with E-state index in [0.29, 0.717) is 5.95 Å². The number of aryl methyl sites for hydroxylation is 2. The van der Waals surface area contributed by atoms with Gasteiger partial charge in [0.2, 0.25) is 11.9 Å². The summed E-state index contributed by atoms with van der Waals surface area (Å²) in [6.07, 6.45) is 0.187. The van der Waals surface area contributed by atoms with Gasteiger partial charge in [0.15, 0.2) is 5.65 Å². The van der Waals surface area contributed by atoms with E-state index in [1.807, 2.05) is 32.4 Å². The van der Waals surface area contributed by atoms with E-state index in [9.17, 15) is 4.79 Å². The van der Waals surface area contributed by atoms with Crippen LogP contribution in [0.5, 0.6) is 0 Å². The van der Waals surface area contributed by atoms with Gasteiger partial charge in [-0.15, -0.1) is 0 Å². The summed E-state index contributed by atoms with van der Waals surface area (Å²) in [5, 5.41) is 4.31. The summed E-state index contributed by atoms with van der Waals surface area (Å²) in [4.78, 5) is 15.5. The van der Waals surface area contributed by atoms with E-state index in [0.717, 1.165) is 16.9 Å². The molecule has 0 fully saturated rings. The predicted molar refractivity (Wildman–Crippen MR) is 68.8 cm³/mol. The van der Waals surface area contributed by atoms with Gasteiger partial charge in [-0.25, -0.2) is 4.98 Å². The zero-order valence-electron chi connectivity index (χ0n) is 11.1. The number of rotatable bonds is 3. The Morgan fingerprint density at radius 2 is 2.06 bits per heavy atom. The van der Waals surface area contributed by atoms with Crippen LogP contribution in [0.15, 0.2) is 0 Å². The number of primary amides is 1. The molecule has 2 aromatic rings. The third-order valence-electron chi connectivity index (χ3n) is 3.04. The van der Waals surface area contributed by atoms with Crippen LogP contribution < -0.4 is 11.5 Å². The van der Waals surface area contributed by atoms with E-state index in [4.69, 9.17) is 11.5 Å². The lowest BCUT2D eigenvalue weighted by Crippen LogP contribution is -2.33. The summed E-state index contributed by atoms with van der Waals surface area (Å²) >= 11 is 0. The number of nitrogens with zero attached hydrogens (tertiary/aromatic N) is 4. The van der Waals surface area contributed by atoms with Crippen LogP contribution in [0.25, 0.3) is 11.2 Å². The molecule has 0 aliphatic rings. The number of hydrogen-bond acceptors (Lipinski definition) is 4. The van der Waals surface area contributed by atoms with Crippen LogP contribution in [0.2, 0.25) is 0 Å². The molecule has 18 heavy (non-hydrogen) atoms. The largest absolute Gasteiger partial charge is 0.370 e. The predicted octanol–water partition coefficient (Wildman–Crippen LogP) is 0.271. The second kappa shape index (κ2) is 3.72. The highest BCUT2D eigenvalue weighted by molar-refractivity contribution is 5.79. The summed E-state index contributed by atoms with van der Waals surface area (Å²) in [6, 6.07) is 0. The Kier molecular flexibility index (Phi) is 2.57. The zero-order chi connectivity index (χ0) is 13.7. The normalized spacial score (nSPS) is 12.2. The van der Waals surface area contributed by atoms with Gasteiger partial charge in [0.1, 0.15) is 5.52 Å². The summed E-state index contributed by atoms with van der Waals surface area (Å²) < 4.78 is 3.53. The van der Waals surface area contributed by atoms with Gasteiger partial charge in [0.25, 0.3) is 0 Å². The van der Waals surface area contributed by atoms with Crippen molar-refractivity contribution in [3.05, 3.63) is 5.69 Å². The first kappa shape index (κ1) is 12.4. The van der Waals surface area contributed by atoms with Crippen molar-refractivity contribution < 1.29 is 4.79 Å². The van der Waals surface area contributed by atoms with E-state index < -0.39 is 5.54 Å². The SMILES string of the molecule is Cc1nn(C)c2c1nc(N)n2C(C)(C)CC(N)=O. The van der Waals surface area contributed by atoms with Crippen LogP contribution in [-0.2, 0) is 17.4 Å². The van der Waals surface area contributed by atoms with E-state index in [-0.39, 0.29) is 12.3 Å². The van der Waals surface area contributed by atoms with E-state index >= 15 is 0 Å². The molecule has 2 aromatic heterocycles. The minimum Gasteiger partial charge on any atom is -0.370 e. The fourth-order valence-corrected chi connectivity index (χ4v) is 2.39. The van der Waals surface area contributed by atoms with Crippen molar-refractivity contribution in [1.29, 1.82) is 0 Å². The van der Waals surface area contributed by atoms with Crippen molar-refractivity contribution in [3.8, 4) is 0 Å². The molecule has 0 saturated heterocycles. The molecule has 98 valence electrons. The summed E-state index contributed by atoms with van der Waals surface area (Å²) in [5.74, 6) is -0.00695. The van der Waals surface area contributed by atoms with Gasteiger partial charge in [-0.05, 0) is 20.8 Å². The van der Waals surface area contributed by atoms with E-state index in [1.165, 1.54) is 0 Å². The second-order valence-corrected chi connectivity index (χ2v) is 5.14. The Balaban J connectivity index is 2.70. The number of fused-ring (bicyclic) bond motifs is 1. The average Bonchev–Trinajstić information content (AvgIpc) is 2.64. The molecule has 0 atom stereocenters. The van der Waals surface area contributed by atoms with Crippen molar-refractivity contribution in [2.24, 2.45) is 12.8 Å². The zero-order valence-corrected chi connectivity index (χ0v) is 11.1. The standard InChI is InChI=1S/C11H18N6O/c1-6-8-9(16(4)15-6)17(10(13)14-8)11(2,3)5-7(12)18/h5H2,1-4H3,(H2,12,18)(H2,13,14). The maximum absolute atomic E-state index is 11.2. The van der Waals surface area contributed by atoms with Gasteiger partial charge >= 0.3 is 0 Å². The van der Waals surface area contributed by atoms with Crippen molar-refractivity contribution >= 4 is 23.0 Å². The number of nitrogen functional groups attached to an aromatic ring is 1. The van der Waals surface area contributed by atoms with Crippen LogP contribution in [0, 0.1) is 6.92 Å². The third-order valence-corrected chi connectivity index (χ3v) is 3.04. The Morgan fingerprint density at radius 3 is 2.61 bits per heavy atom. The van der Waals surface area contributed by atoms with Crippen LogP contribution in [0.4, 0.5) is 5.95 Å². The van der Waals surface area contributed by atoms with Crippen LogP contribution in [-0.4, -0.2) is 25.2 Å². The Bertz CT molecular complexity index is 621. The Morgan fingerprint density at radius 1 is 1.44 bits per heavy atom. The lowest BCUT2D eigenvalue weighted by molar-refractivity contribution is -0.119. The number of amides is 1. The summed E-state index contributed by atoms with van der Waals surface area (Å²) in [5.41, 5.74) is 13.1. The number of aromatic nitrogens is 4. The first-order valence-electron chi connectivity index (χ1n) is 5.70.